The van der Waals surface area contributed by atoms with E-state index in [0.717, 1.165) is 31.0 Å². The van der Waals surface area contributed by atoms with Gasteiger partial charge >= 0.3 is 12.4 Å². The van der Waals surface area contributed by atoms with Gasteiger partial charge in [-0.15, -0.1) is 5.10 Å². The van der Waals surface area contributed by atoms with Crippen molar-refractivity contribution < 1.29 is 49.4 Å². The van der Waals surface area contributed by atoms with Gasteiger partial charge in [-0.3, -0.25) is 4.79 Å². The molecule has 2 aromatic heterocycles. The Balaban J connectivity index is 1.37. The largest absolute Gasteiger partial charge is 0.490 e. The van der Waals surface area contributed by atoms with Crippen molar-refractivity contribution in [3.8, 4) is 22.8 Å². The molecule has 6 rings (SSSR count). The van der Waals surface area contributed by atoms with Gasteiger partial charge in [0.25, 0.3) is 5.91 Å². The van der Waals surface area contributed by atoms with Gasteiger partial charge in [-0.25, -0.2) is 13.8 Å². The summed E-state index contributed by atoms with van der Waals surface area (Å²) in [7, 11) is 0. The molecule has 248 valence electrons. The summed E-state index contributed by atoms with van der Waals surface area (Å²) in [5.74, 6) is -3.32. The van der Waals surface area contributed by atoms with E-state index in [0.29, 0.717) is 28.7 Å². The number of fused-ring (bicyclic) bond motifs is 2. The molecule has 1 aliphatic heterocycles. The summed E-state index contributed by atoms with van der Waals surface area (Å²) in [5.41, 5.74) is -3.37. The molecule has 1 aliphatic carbocycles. The average molecular weight is 667 g/mol. The van der Waals surface area contributed by atoms with Crippen LogP contribution in [0.4, 0.5) is 35.1 Å². The van der Waals surface area contributed by atoms with E-state index in [1.807, 2.05) is 0 Å². The highest BCUT2D eigenvalue weighted by molar-refractivity contribution is 5.99. The van der Waals surface area contributed by atoms with Crippen LogP contribution < -0.4 is 14.8 Å². The number of hydrogen-bond acceptors (Lipinski definition) is 6. The van der Waals surface area contributed by atoms with E-state index < -0.39 is 67.4 Å². The molecule has 2 aromatic carbocycles. The summed E-state index contributed by atoms with van der Waals surface area (Å²) in [6.07, 6.45) is -8.20. The molecule has 7 nitrogen and oxygen atoms in total. The van der Waals surface area contributed by atoms with E-state index in [1.165, 1.54) is 12.1 Å². The van der Waals surface area contributed by atoms with Crippen molar-refractivity contribution in [2.45, 2.75) is 49.6 Å². The third-order valence-electron chi connectivity index (χ3n) is 8.13. The summed E-state index contributed by atoms with van der Waals surface area (Å²) in [4.78, 5) is 17.4. The van der Waals surface area contributed by atoms with Gasteiger partial charge in [-0.2, -0.15) is 31.4 Å². The van der Waals surface area contributed by atoms with E-state index in [4.69, 9.17) is 9.47 Å². The van der Waals surface area contributed by atoms with Crippen LogP contribution in [0.5, 0.6) is 11.5 Å². The zero-order valence-corrected chi connectivity index (χ0v) is 24.6. The third kappa shape index (κ3) is 6.39. The maximum atomic E-state index is 14.6. The highest BCUT2D eigenvalue weighted by atomic mass is 19.4. The molecule has 0 radical (unpaired) electrons. The number of halogens is 8. The van der Waals surface area contributed by atoms with Gasteiger partial charge < -0.3 is 14.8 Å². The van der Waals surface area contributed by atoms with E-state index in [2.05, 4.69) is 20.5 Å². The molecule has 1 fully saturated rings. The van der Waals surface area contributed by atoms with Crippen LogP contribution in [0.25, 0.3) is 22.2 Å². The second-order valence-electron chi connectivity index (χ2n) is 11.7. The molecule has 2 aliphatic rings. The number of alkyl halides is 8. The average Bonchev–Trinajstić information content (AvgIpc) is 3.77. The van der Waals surface area contributed by atoms with Gasteiger partial charge in [-0.1, -0.05) is 12.1 Å². The second-order valence-corrected chi connectivity index (χ2v) is 11.7. The van der Waals surface area contributed by atoms with Crippen molar-refractivity contribution in [2.75, 3.05) is 26.5 Å². The predicted octanol–water partition coefficient (Wildman–Crippen LogP) is 7.21. The van der Waals surface area contributed by atoms with Gasteiger partial charge in [0, 0.05) is 28.6 Å². The van der Waals surface area contributed by atoms with E-state index in [9.17, 15) is 39.9 Å². The molecule has 0 bridgehead atoms. The van der Waals surface area contributed by atoms with Gasteiger partial charge in [0.15, 0.2) is 0 Å². The Bertz CT molecular complexity index is 1820. The number of benzene rings is 2. The first-order valence-electron chi connectivity index (χ1n) is 14.5. The van der Waals surface area contributed by atoms with Crippen molar-refractivity contribution in [1.29, 1.82) is 0 Å². The lowest BCUT2D eigenvalue weighted by Crippen LogP contribution is -2.36. The lowest BCUT2D eigenvalue weighted by molar-refractivity contribution is -0.149. The topological polar surface area (TPSA) is 86.2 Å². The van der Waals surface area contributed by atoms with Crippen molar-refractivity contribution in [3.05, 3.63) is 76.6 Å². The number of pyridine rings is 1. The Hall–Kier alpha value is -4.56. The van der Waals surface area contributed by atoms with Crippen molar-refractivity contribution in [1.82, 2.24) is 20.5 Å². The molecule has 0 spiro atoms. The number of nitrogens with one attached hydrogen (secondary N) is 1. The number of ether oxygens (including phenoxy) is 2. The van der Waals surface area contributed by atoms with Crippen molar-refractivity contribution in [2.24, 2.45) is 0 Å². The maximum Gasteiger partial charge on any atom is 0.416 e. The van der Waals surface area contributed by atoms with Crippen LogP contribution in [-0.4, -0.2) is 59.9 Å². The lowest BCUT2D eigenvalue weighted by Gasteiger charge is -2.24. The SMILES string of the molecule is Cc1cc2cc(C(=O)NCC(c3cc4c(c(-c5ccc(C(F)(F)F)cc5)n3)OCC4(CF)CF)C(F)(F)F)cc(OC3CC3)c2nn1. The molecular weight excluding hydrogens is 640 g/mol. The van der Waals surface area contributed by atoms with Gasteiger partial charge in [0.05, 0.1) is 28.5 Å². The molecule has 3 heterocycles. The fourth-order valence-corrected chi connectivity index (χ4v) is 5.33. The Morgan fingerprint density at radius 1 is 1.02 bits per heavy atom. The Morgan fingerprint density at radius 2 is 1.72 bits per heavy atom. The molecule has 1 N–H and O–H groups in total. The number of amides is 1. The fourth-order valence-electron chi connectivity index (χ4n) is 5.33. The number of rotatable bonds is 9. The zero-order valence-electron chi connectivity index (χ0n) is 24.6. The molecule has 1 amide bonds. The number of carbonyl (C=O) groups excluding carboxylic acids is 1. The number of aryl methyl sites for hydroxylation is 1. The molecular formula is C32H26F8N4O3. The zero-order chi connectivity index (χ0) is 33.7. The van der Waals surface area contributed by atoms with E-state index in [-0.39, 0.29) is 40.0 Å². The minimum Gasteiger partial charge on any atom is -0.490 e. The first-order valence-corrected chi connectivity index (χ1v) is 14.5. The van der Waals surface area contributed by atoms with E-state index >= 15 is 0 Å². The van der Waals surface area contributed by atoms with Gasteiger partial charge in [0.2, 0.25) is 0 Å². The van der Waals surface area contributed by atoms with Gasteiger partial charge in [-0.05, 0) is 56.2 Å². The van der Waals surface area contributed by atoms with Crippen LogP contribution in [-0.2, 0) is 11.6 Å². The summed E-state index contributed by atoms with van der Waals surface area (Å²) < 4.78 is 123. The summed E-state index contributed by atoms with van der Waals surface area (Å²) >= 11 is 0. The normalized spacial score (nSPS) is 16.4. The standard InChI is InChI=1S/C32H26F8N4O3/c1-16-8-18-9-19(10-25(26(18)44-43-16)47-21-6-7-21)29(45)41-12-23(32(38,39)40)24-11-22-28(46-15-30(22,13-33)14-34)27(42-24)17-2-4-20(5-3-17)31(35,36)37/h2-5,8-11,21,23H,6-7,12-15H2,1H3,(H,41,45). The van der Waals surface area contributed by atoms with Crippen molar-refractivity contribution in [3.63, 3.8) is 0 Å². The summed E-state index contributed by atoms with van der Waals surface area (Å²) in [6.45, 7) is -2.54. The summed E-state index contributed by atoms with van der Waals surface area (Å²) in [5, 5.41) is 10.9. The number of aromatic nitrogens is 3. The Kier molecular flexibility index (Phi) is 8.20. The predicted molar refractivity (Wildman–Crippen MR) is 153 cm³/mol. The van der Waals surface area contributed by atoms with Crippen LogP contribution in [0, 0.1) is 6.92 Å². The van der Waals surface area contributed by atoms with E-state index in [1.54, 1.807) is 13.0 Å². The second kappa shape index (κ2) is 11.9. The Labute approximate surface area is 262 Å². The molecule has 0 saturated heterocycles. The van der Waals surface area contributed by atoms with Crippen molar-refractivity contribution >= 4 is 16.8 Å². The molecule has 4 aromatic rings. The molecule has 1 unspecified atom stereocenters. The third-order valence-corrected chi connectivity index (χ3v) is 8.13. The highest BCUT2D eigenvalue weighted by Crippen LogP contribution is 2.47. The molecule has 1 saturated carbocycles. The highest BCUT2D eigenvalue weighted by Gasteiger charge is 2.47. The first-order chi connectivity index (χ1) is 22.2. The van der Waals surface area contributed by atoms with Crippen LogP contribution >= 0.6 is 0 Å². The van der Waals surface area contributed by atoms with Crippen LogP contribution in [0.3, 0.4) is 0 Å². The number of carbonyl (C=O) groups is 1. The smallest absolute Gasteiger partial charge is 0.416 e. The quantitative estimate of drug-likeness (QED) is 0.190. The number of hydrogen-bond donors (Lipinski definition) is 1. The van der Waals surface area contributed by atoms with Gasteiger partial charge in [0.1, 0.15) is 48.6 Å². The monoisotopic (exact) mass is 666 g/mol. The molecule has 15 heteroatoms. The van der Waals surface area contributed by atoms with Crippen LogP contribution in [0.2, 0.25) is 0 Å². The minimum atomic E-state index is -5.02. The lowest BCUT2D eigenvalue weighted by atomic mass is 9.83. The maximum absolute atomic E-state index is 14.6. The molecule has 1 atom stereocenters. The Morgan fingerprint density at radius 3 is 2.34 bits per heavy atom. The minimum absolute atomic E-state index is 0.00361. The first kappa shape index (κ1) is 32.4. The van der Waals surface area contributed by atoms with Crippen LogP contribution in [0.1, 0.15) is 51.6 Å². The fraction of sp³-hybridized carbons (Fsp3) is 0.375. The van der Waals surface area contributed by atoms with Crippen LogP contribution in [0.15, 0.2) is 48.5 Å². The molecule has 47 heavy (non-hydrogen) atoms. The summed E-state index contributed by atoms with van der Waals surface area (Å²) in [6, 6.07) is 8.75. The number of nitrogens with zero attached hydrogens (tertiary/aromatic N) is 3.